The van der Waals surface area contributed by atoms with E-state index in [0.717, 1.165) is 30.8 Å². The minimum absolute atomic E-state index is 0.0185. The fourth-order valence-electron chi connectivity index (χ4n) is 3.54. The molecule has 6 nitrogen and oxygen atoms in total. The first-order valence-corrected chi connectivity index (χ1v) is 10.0. The summed E-state index contributed by atoms with van der Waals surface area (Å²) >= 11 is 0. The van der Waals surface area contributed by atoms with E-state index in [1.807, 2.05) is 56.6 Å². The quantitative estimate of drug-likeness (QED) is 0.702. The Kier molecular flexibility index (Phi) is 7.49. The number of carbonyl (C=O) groups is 1. The largest absolute Gasteiger partial charge is 0.496 e. The van der Waals surface area contributed by atoms with Gasteiger partial charge in [0.25, 0.3) is 5.91 Å². The number of para-hydroxylation sites is 2. The lowest BCUT2D eigenvalue weighted by Gasteiger charge is -2.26. The zero-order valence-electron chi connectivity index (χ0n) is 17.4. The van der Waals surface area contributed by atoms with Gasteiger partial charge in [0.1, 0.15) is 18.1 Å². The normalized spacial score (nSPS) is 17.2. The third kappa shape index (κ3) is 5.49. The van der Waals surface area contributed by atoms with Crippen molar-refractivity contribution in [2.45, 2.75) is 25.0 Å². The van der Waals surface area contributed by atoms with Crippen LogP contribution in [-0.2, 0) is 4.74 Å². The summed E-state index contributed by atoms with van der Waals surface area (Å²) in [6.07, 6.45) is 2.16. The highest BCUT2D eigenvalue weighted by Crippen LogP contribution is 2.28. The fourth-order valence-corrected chi connectivity index (χ4v) is 3.54. The molecule has 0 radical (unpaired) electrons. The molecule has 2 atom stereocenters. The number of carbonyl (C=O) groups excluding carboxylic acids is 1. The van der Waals surface area contributed by atoms with Crippen molar-refractivity contribution in [3.63, 3.8) is 0 Å². The summed E-state index contributed by atoms with van der Waals surface area (Å²) in [6.45, 7) is 1.70. The molecule has 2 unspecified atom stereocenters. The van der Waals surface area contributed by atoms with Gasteiger partial charge < -0.3 is 24.4 Å². The summed E-state index contributed by atoms with van der Waals surface area (Å²) in [5, 5.41) is 3.05. The Labute approximate surface area is 172 Å². The van der Waals surface area contributed by atoms with Crippen LogP contribution >= 0.6 is 0 Å². The predicted octanol–water partition coefficient (Wildman–Crippen LogP) is 3.29. The van der Waals surface area contributed by atoms with Gasteiger partial charge in [0.15, 0.2) is 0 Å². The number of rotatable bonds is 9. The molecule has 3 rings (SSSR count). The minimum atomic E-state index is -0.158. The summed E-state index contributed by atoms with van der Waals surface area (Å²) in [5.41, 5.74) is 1.56. The average molecular weight is 399 g/mol. The van der Waals surface area contributed by atoms with Crippen LogP contribution < -0.4 is 14.8 Å². The second-order valence-corrected chi connectivity index (χ2v) is 7.37. The van der Waals surface area contributed by atoms with E-state index in [1.165, 1.54) is 0 Å². The molecule has 0 bridgehead atoms. The lowest BCUT2D eigenvalue weighted by molar-refractivity contribution is 0.0670. The van der Waals surface area contributed by atoms with E-state index in [2.05, 4.69) is 10.2 Å². The van der Waals surface area contributed by atoms with Crippen molar-refractivity contribution >= 4 is 5.91 Å². The molecular formula is C23H30N2O4. The van der Waals surface area contributed by atoms with Crippen molar-refractivity contribution in [3.05, 3.63) is 59.7 Å². The van der Waals surface area contributed by atoms with E-state index in [9.17, 15) is 4.79 Å². The maximum Gasteiger partial charge on any atom is 0.255 e. The number of amides is 1. The number of nitrogens with one attached hydrogen (secondary N) is 1. The molecule has 1 N–H and O–H groups in total. The van der Waals surface area contributed by atoms with E-state index >= 15 is 0 Å². The lowest BCUT2D eigenvalue weighted by Crippen LogP contribution is -2.35. The smallest absolute Gasteiger partial charge is 0.255 e. The van der Waals surface area contributed by atoms with E-state index in [4.69, 9.17) is 14.2 Å². The number of hydrogen-bond acceptors (Lipinski definition) is 5. The Hall–Kier alpha value is -2.57. The number of ether oxygens (including phenoxy) is 3. The van der Waals surface area contributed by atoms with E-state index in [1.54, 1.807) is 13.2 Å². The van der Waals surface area contributed by atoms with E-state index in [-0.39, 0.29) is 18.1 Å². The van der Waals surface area contributed by atoms with Crippen molar-refractivity contribution < 1.29 is 19.0 Å². The molecule has 29 heavy (non-hydrogen) atoms. The highest BCUT2D eigenvalue weighted by Gasteiger charge is 2.21. The Morgan fingerprint density at radius 3 is 2.59 bits per heavy atom. The SMILES string of the molecule is COc1ccccc1C(CNC(=O)c1ccccc1OCC1CCCO1)N(C)C. The van der Waals surface area contributed by atoms with Crippen molar-refractivity contribution in [2.75, 3.05) is 41.0 Å². The number of methoxy groups -OCH3 is 1. The average Bonchev–Trinajstić information content (AvgIpc) is 3.26. The van der Waals surface area contributed by atoms with Crippen LogP contribution in [0.4, 0.5) is 0 Å². The Balaban J connectivity index is 1.67. The van der Waals surface area contributed by atoms with Gasteiger partial charge >= 0.3 is 0 Å². The molecule has 0 aromatic heterocycles. The Bertz CT molecular complexity index is 803. The summed E-state index contributed by atoms with van der Waals surface area (Å²) in [4.78, 5) is 15.0. The summed E-state index contributed by atoms with van der Waals surface area (Å²) in [6, 6.07) is 15.2. The molecule has 2 aromatic rings. The Morgan fingerprint density at radius 2 is 1.90 bits per heavy atom. The van der Waals surface area contributed by atoms with Gasteiger partial charge in [-0.3, -0.25) is 4.79 Å². The monoisotopic (exact) mass is 398 g/mol. The zero-order valence-corrected chi connectivity index (χ0v) is 17.4. The fraction of sp³-hybridized carbons (Fsp3) is 0.435. The molecule has 1 heterocycles. The van der Waals surface area contributed by atoms with Crippen LogP contribution in [0.5, 0.6) is 11.5 Å². The molecule has 1 amide bonds. The van der Waals surface area contributed by atoms with Gasteiger partial charge in [-0.05, 0) is 45.1 Å². The first-order valence-electron chi connectivity index (χ1n) is 10.0. The number of likely N-dealkylation sites (N-methyl/N-ethyl adjacent to an activating group) is 1. The van der Waals surface area contributed by atoms with Crippen LogP contribution in [0.15, 0.2) is 48.5 Å². The van der Waals surface area contributed by atoms with E-state index < -0.39 is 0 Å². The van der Waals surface area contributed by atoms with Gasteiger partial charge in [0.05, 0.1) is 24.8 Å². The molecule has 1 aliphatic rings. The van der Waals surface area contributed by atoms with Crippen molar-refractivity contribution in [1.82, 2.24) is 10.2 Å². The number of hydrogen-bond donors (Lipinski definition) is 1. The van der Waals surface area contributed by atoms with Crippen molar-refractivity contribution in [2.24, 2.45) is 0 Å². The molecular weight excluding hydrogens is 368 g/mol. The molecule has 1 aliphatic heterocycles. The first kappa shape index (κ1) is 21.1. The zero-order chi connectivity index (χ0) is 20.6. The van der Waals surface area contributed by atoms with Crippen LogP contribution in [0.3, 0.4) is 0 Å². The van der Waals surface area contributed by atoms with Gasteiger partial charge in [0, 0.05) is 18.7 Å². The van der Waals surface area contributed by atoms with Gasteiger partial charge in [0.2, 0.25) is 0 Å². The predicted molar refractivity (Wildman–Crippen MR) is 113 cm³/mol. The van der Waals surface area contributed by atoms with Crippen LogP contribution in [0, 0.1) is 0 Å². The second-order valence-electron chi connectivity index (χ2n) is 7.37. The van der Waals surface area contributed by atoms with Gasteiger partial charge in [-0.2, -0.15) is 0 Å². The van der Waals surface area contributed by atoms with Crippen LogP contribution in [0.2, 0.25) is 0 Å². The highest BCUT2D eigenvalue weighted by molar-refractivity contribution is 5.96. The first-order chi connectivity index (χ1) is 14.1. The molecule has 0 aliphatic carbocycles. The van der Waals surface area contributed by atoms with Crippen LogP contribution in [0.25, 0.3) is 0 Å². The molecule has 0 saturated carbocycles. The van der Waals surface area contributed by atoms with E-state index in [0.29, 0.717) is 24.5 Å². The molecule has 0 spiro atoms. The number of nitrogens with zero attached hydrogens (tertiary/aromatic N) is 1. The number of benzene rings is 2. The molecule has 1 fully saturated rings. The van der Waals surface area contributed by atoms with Crippen molar-refractivity contribution in [3.8, 4) is 11.5 Å². The lowest BCUT2D eigenvalue weighted by atomic mass is 10.0. The molecule has 156 valence electrons. The maximum absolute atomic E-state index is 12.9. The molecule has 1 saturated heterocycles. The second kappa shape index (κ2) is 10.3. The van der Waals surface area contributed by atoms with Crippen LogP contribution in [-0.4, -0.2) is 57.9 Å². The third-order valence-electron chi connectivity index (χ3n) is 5.16. The standard InChI is InChI=1S/C23H30N2O4/c1-25(2)20(18-10-4-6-12-21(18)27-3)15-24-23(26)19-11-5-7-13-22(19)29-16-17-9-8-14-28-17/h4-7,10-13,17,20H,8-9,14-16H2,1-3H3,(H,24,26). The highest BCUT2D eigenvalue weighted by atomic mass is 16.5. The molecule has 2 aromatic carbocycles. The van der Waals surface area contributed by atoms with Crippen LogP contribution in [0.1, 0.15) is 34.8 Å². The molecule has 6 heteroatoms. The summed E-state index contributed by atoms with van der Waals surface area (Å²) < 4.78 is 17.0. The Morgan fingerprint density at radius 1 is 1.17 bits per heavy atom. The maximum atomic E-state index is 12.9. The van der Waals surface area contributed by atoms with Gasteiger partial charge in [-0.15, -0.1) is 0 Å². The van der Waals surface area contributed by atoms with Gasteiger partial charge in [-0.25, -0.2) is 0 Å². The van der Waals surface area contributed by atoms with Gasteiger partial charge in [-0.1, -0.05) is 30.3 Å². The van der Waals surface area contributed by atoms with Crippen molar-refractivity contribution in [1.29, 1.82) is 0 Å². The summed E-state index contributed by atoms with van der Waals surface area (Å²) in [5.74, 6) is 1.23. The summed E-state index contributed by atoms with van der Waals surface area (Å²) in [7, 11) is 5.63. The minimum Gasteiger partial charge on any atom is -0.496 e. The third-order valence-corrected chi connectivity index (χ3v) is 5.16. The topological polar surface area (TPSA) is 60.0 Å².